The van der Waals surface area contributed by atoms with Crippen LogP contribution in [0, 0.1) is 17.8 Å². The lowest BCUT2D eigenvalue weighted by Crippen LogP contribution is -1.95. The van der Waals surface area contributed by atoms with Crippen LogP contribution < -0.4 is 0 Å². The first kappa shape index (κ1) is 8.49. The number of halogens is 1. The predicted molar refractivity (Wildman–Crippen MR) is 60.3 cm³/mol. The Labute approximate surface area is 91.5 Å². The van der Waals surface area contributed by atoms with E-state index in [0.717, 1.165) is 17.8 Å². The third-order valence-electron chi connectivity index (χ3n) is 3.63. The van der Waals surface area contributed by atoms with E-state index in [9.17, 15) is 0 Å². The maximum absolute atomic E-state index is 3.86. The van der Waals surface area contributed by atoms with Crippen LogP contribution in [0.4, 0.5) is 0 Å². The van der Waals surface area contributed by atoms with E-state index in [0.29, 0.717) is 4.83 Å². The van der Waals surface area contributed by atoms with E-state index in [1.165, 1.54) is 24.1 Å². The number of hydrogen-bond acceptors (Lipinski definition) is 1. The van der Waals surface area contributed by atoms with E-state index in [-0.39, 0.29) is 0 Å². The Morgan fingerprint density at radius 2 is 2.15 bits per heavy atom. The van der Waals surface area contributed by atoms with E-state index in [4.69, 9.17) is 0 Å². The molecule has 2 fully saturated rings. The highest BCUT2D eigenvalue weighted by atomic mass is 79.9. The Balaban J connectivity index is 1.74. The molecule has 1 aromatic heterocycles. The van der Waals surface area contributed by atoms with Gasteiger partial charge in [0.05, 0.1) is 4.83 Å². The van der Waals surface area contributed by atoms with Gasteiger partial charge >= 0.3 is 0 Å². The minimum atomic E-state index is 0.655. The van der Waals surface area contributed by atoms with Crippen LogP contribution in [-0.4, -0.2) is 0 Å². The van der Waals surface area contributed by atoms with Gasteiger partial charge in [-0.2, -0.15) is 0 Å². The van der Waals surface area contributed by atoms with Gasteiger partial charge in [0.1, 0.15) is 0 Å². The minimum Gasteiger partial charge on any atom is -0.148 e. The second-order valence-electron chi connectivity index (χ2n) is 4.25. The molecule has 0 nitrogen and oxygen atoms in total. The van der Waals surface area contributed by atoms with Crippen LogP contribution in [-0.2, 0) is 0 Å². The van der Waals surface area contributed by atoms with Gasteiger partial charge in [-0.05, 0) is 42.0 Å². The largest absolute Gasteiger partial charge is 0.148 e. The molecule has 2 aliphatic rings. The van der Waals surface area contributed by atoms with E-state index < -0.39 is 0 Å². The Hall–Kier alpha value is 0.180. The van der Waals surface area contributed by atoms with Crippen LogP contribution in [0.5, 0.6) is 0 Å². The van der Waals surface area contributed by atoms with Gasteiger partial charge in [0.25, 0.3) is 0 Å². The highest BCUT2D eigenvalue weighted by Crippen LogP contribution is 2.64. The third kappa shape index (κ3) is 1.30. The SMILES string of the molecule is BrC(c1cccs1)C1C2CCCC21. The number of alkyl halides is 1. The summed E-state index contributed by atoms with van der Waals surface area (Å²) >= 11 is 5.75. The van der Waals surface area contributed by atoms with Crippen molar-refractivity contribution >= 4 is 27.3 Å². The molecule has 0 radical (unpaired) electrons. The molecule has 1 heterocycles. The second kappa shape index (κ2) is 3.09. The summed E-state index contributed by atoms with van der Waals surface area (Å²) in [6, 6.07) is 4.42. The van der Waals surface area contributed by atoms with Crippen LogP contribution >= 0.6 is 27.3 Å². The highest BCUT2D eigenvalue weighted by Gasteiger charge is 2.55. The zero-order valence-electron chi connectivity index (χ0n) is 7.45. The maximum Gasteiger partial charge on any atom is 0.0522 e. The van der Waals surface area contributed by atoms with Crippen LogP contribution in [0.15, 0.2) is 17.5 Å². The molecule has 13 heavy (non-hydrogen) atoms. The maximum atomic E-state index is 3.86. The molecule has 0 spiro atoms. The summed E-state index contributed by atoms with van der Waals surface area (Å²) in [6.45, 7) is 0. The molecule has 3 unspecified atom stereocenters. The van der Waals surface area contributed by atoms with Crippen molar-refractivity contribution in [3.8, 4) is 0 Å². The molecule has 3 atom stereocenters. The molecule has 0 aliphatic heterocycles. The normalized spacial score (nSPS) is 38.7. The fourth-order valence-corrected chi connectivity index (χ4v) is 4.97. The van der Waals surface area contributed by atoms with Crippen molar-refractivity contribution in [2.24, 2.45) is 17.8 Å². The lowest BCUT2D eigenvalue weighted by Gasteiger charge is -2.08. The smallest absolute Gasteiger partial charge is 0.0522 e. The first-order chi connectivity index (χ1) is 6.38. The van der Waals surface area contributed by atoms with Gasteiger partial charge in [-0.15, -0.1) is 11.3 Å². The molecule has 3 rings (SSSR count). The molecule has 2 saturated carbocycles. The van der Waals surface area contributed by atoms with E-state index in [2.05, 4.69) is 33.4 Å². The van der Waals surface area contributed by atoms with Gasteiger partial charge < -0.3 is 0 Å². The third-order valence-corrected chi connectivity index (χ3v) is 5.99. The van der Waals surface area contributed by atoms with Gasteiger partial charge in [0.15, 0.2) is 0 Å². The lowest BCUT2D eigenvalue weighted by atomic mass is 10.1. The summed E-state index contributed by atoms with van der Waals surface area (Å²) in [4.78, 5) is 2.18. The molecular formula is C11H13BrS. The summed E-state index contributed by atoms with van der Waals surface area (Å²) in [6.07, 6.45) is 4.46. The monoisotopic (exact) mass is 256 g/mol. The standard InChI is InChI=1S/C11H13BrS/c12-11(9-5-2-6-13-9)10-7-3-1-4-8(7)10/h2,5-8,10-11H,1,3-4H2. The van der Waals surface area contributed by atoms with Crippen molar-refractivity contribution in [1.29, 1.82) is 0 Å². The first-order valence-corrected chi connectivity index (χ1v) is 6.85. The van der Waals surface area contributed by atoms with Crippen molar-refractivity contribution in [3.63, 3.8) is 0 Å². The summed E-state index contributed by atoms with van der Waals surface area (Å²) in [5.41, 5.74) is 0. The van der Waals surface area contributed by atoms with Crippen molar-refractivity contribution in [3.05, 3.63) is 22.4 Å². The fraction of sp³-hybridized carbons (Fsp3) is 0.636. The Bertz CT molecular complexity index is 283. The summed E-state index contributed by atoms with van der Waals surface area (Å²) in [5.74, 6) is 3.09. The van der Waals surface area contributed by atoms with Gasteiger partial charge in [0.2, 0.25) is 0 Å². The van der Waals surface area contributed by atoms with Crippen molar-refractivity contribution < 1.29 is 0 Å². The van der Waals surface area contributed by atoms with Crippen molar-refractivity contribution in [2.45, 2.75) is 24.1 Å². The first-order valence-electron chi connectivity index (χ1n) is 5.05. The molecule has 0 amide bonds. The van der Waals surface area contributed by atoms with Gasteiger partial charge in [0, 0.05) is 4.88 Å². The zero-order valence-corrected chi connectivity index (χ0v) is 9.85. The molecule has 0 bridgehead atoms. The average molecular weight is 257 g/mol. The summed E-state index contributed by atoms with van der Waals surface area (Å²) in [7, 11) is 0. The second-order valence-corrected chi connectivity index (χ2v) is 6.22. The quantitative estimate of drug-likeness (QED) is 0.695. The number of hydrogen-bond donors (Lipinski definition) is 0. The Morgan fingerprint density at radius 1 is 1.38 bits per heavy atom. The summed E-state index contributed by atoms with van der Waals surface area (Å²) < 4.78 is 0. The van der Waals surface area contributed by atoms with Crippen molar-refractivity contribution in [1.82, 2.24) is 0 Å². The number of rotatable bonds is 2. The van der Waals surface area contributed by atoms with Gasteiger partial charge in [-0.25, -0.2) is 0 Å². The average Bonchev–Trinajstić information content (AvgIpc) is 2.68. The molecule has 0 N–H and O–H groups in total. The molecule has 0 saturated heterocycles. The van der Waals surface area contributed by atoms with Crippen molar-refractivity contribution in [2.75, 3.05) is 0 Å². The molecule has 1 aromatic rings. The molecule has 70 valence electrons. The molecule has 2 heteroatoms. The predicted octanol–water partition coefficient (Wildman–Crippen LogP) is 4.23. The van der Waals surface area contributed by atoms with Gasteiger partial charge in [-0.1, -0.05) is 28.4 Å². The molecule has 2 aliphatic carbocycles. The van der Waals surface area contributed by atoms with E-state index >= 15 is 0 Å². The van der Waals surface area contributed by atoms with Crippen LogP contribution in [0.2, 0.25) is 0 Å². The molecule has 0 aromatic carbocycles. The Kier molecular flexibility index (Phi) is 2.02. The fourth-order valence-electron chi connectivity index (χ4n) is 2.95. The summed E-state index contributed by atoms with van der Waals surface area (Å²) in [5, 5.41) is 2.18. The minimum absolute atomic E-state index is 0.655. The highest BCUT2D eigenvalue weighted by molar-refractivity contribution is 9.09. The zero-order chi connectivity index (χ0) is 8.84. The van der Waals surface area contributed by atoms with Crippen LogP contribution in [0.3, 0.4) is 0 Å². The van der Waals surface area contributed by atoms with Gasteiger partial charge in [-0.3, -0.25) is 0 Å². The van der Waals surface area contributed by atoms with Crippen LogP contribution in [0.25, 0.3) is 0 Å². The number of thiophene rings is 1. The lowest BCUT2D eigenvalue weighted by molar-refractivity contribution is 0.586. The Morgan fingerprint density at radius 3 is 2.77 bits per heavy atom. The van der Waals surface area contributed by atoms with Crippen LogP contribution in [0.1, 0.15) is 29.0 Å². The van der Waals surface area contributed by atoms with E-state index in [1.807, 2.05) is 11.3 Å². The number of fused-ring (bicyclic) bond motifs is 1. The molecular weight excluding hydrogens is 244 g/mol. The van der Waals surface area contributed by atoms with E-state index in [1.54, 1.807) is 0 Å². The topological polar surface area (TPSA) is 0 Å².